The topological polar surface area (TPSA) is 3.01 Å². The fourth-order valence-electron chi connectivity index (χ4n) is 4.50. The Kier molecular flexibility index (Phi) is 5.40. The van der Waals surface area contributed by atoms with Crippen molar-refractivity contribution in [3.8, 4) is 0 Å². The zero-order valence-electron chi connectivity index (χ0n) is 16.2. The van der Waals surface area contributed by atoms with E-state index in [1.165, 1.54) is 48.9 Å². The summed E-state index contributed by atoms with van der Waals surface area (Å²) < 4.78 is 0. The van der Waals surface area contributed by atoms with Crippen molar-refractivity contribution < 1.29 is 0 Å². The molecule has 0 aliphatic carbocycles. The summed E-state index contributed by atoms with van der Waals surface area (Å²) in [5.41, 5.74) is 3.88. The molecule has 0 amide bonds. The molecule has 3 aromatic rings. The van der Waals surface area contributed by atoms with E-state index in [4.69, 9.17) is 0 Å². The summed E-state index contributed by atoms with van der Waals surface area (Å²) in [5, 5.41) is 0. The Morgan fingerprint density at radius 3 is 1.56 bits per heavy atom. The van der Waals surface area contributed by atoms with Gasteiger partial charge in [-0.25, -0.2) is 0 Å². The van der Waals surface area contributed by atoms with E-state index < -0.39 is 0 Å². The van der Waals surface area contributed by atoms with Gasteiger partial charge in [0.25, 0.3) is 0 Å². The van der Waals surface area contributed by atoms with Crippen LogP contribution in [0.5, 0.6) is 0 Å². The van der Waals surface area contributed by atoms with Gasteiger partial charge in [-0.05, 0) is 23.1 Å². The van der Waals surface area contributed by atoms with Gasteiger partial charge in [0.1, 0.15) is 0 Å². The van der Waals surface area contributed by atoms with E-state index >= 15 is 0 Å². The predicted molar refractivity (Wildman–Crippen MR) is 114 cm³/mol. The van der Waals surface area contributed by atoms with E-state index in [9.17, 15) is 0 Å². The molecule has 2 atom stereocenters. The van der Waals surface area contributed by atoms with Crippen LogP contribution in [-0.4, -0.2) is 17.5 Å². The molecule has 3 aromatic carbocycles. The molecule has 1 aliphatic heterocycles. The lowest BCUT2D eigenvalue weighted by Gasteiger charge is -2.38. The molecule has 1 heterocycles. The number of nitrogens with zero attached hydrogens (tertiary/aromatic N) is 1. The quantitative estimate of drug-likeness (QED) is 0.262. The third-order valence-electron chi connectivity index (χ3n) is 5.86. The third kappa shape index (κ3) is 3.44. The van der Waals surface area contributed by atoms with Gasteiger partial charge >= 0.3 is 0 Å². The van der Waals surface area contributed by atoms with Gasteiger partial charge in [-0.15, -0.1) is 0 Å². The smallest absolute Gasteiger partial charge is 0.0976 e. The molecule has 1 nitrogen and oxygen atoms in total. The highest BCUT2D eigenvalue weighted by atomic mass is 15.4. The van der Waals surface area contributed by atoms with Crippen molar-refractivity contribution in [3.63, 3.8) is 0 Å². The van der Waals surface area contributed by atoms with Crippen molar-refractivity contribution in [1.29, 1.82) is 0 Å². The fraction of sp³-hybridized carbons (Fsp3) is 0.308. The van der Waals surface area contributed by atoms with Gasteiger partial charge in [-0.3, -0.25) is 4.90 Å². The predicted octanol–water partition coefficient (Wildman–Crippen LogP) is 6.24. The number of benzene rings is 3. The minimum absolute atomic E-state index is 0.208. The van der Waals surface area contributed by atoms with Crippen molar-refractivity contribution >= 4 is 0 Å². The standard InChI is InChI=1S/C26H29N/c1-2-3-7-20-25-21-27(25)26(22-14-8-4-9-15-22,23-16-10-5-11-17-23)24-18-12-6-13-19-24/h4-6,8-19,25H,2-3,7,20-21H2,1H3/t25-,27?/m1/s1. The first-order chi connectivity index (χ1) is 13.4. The summed E-state index contributed by atoms with van der Waals surface area (Å²) in [5.74, 6) is 0. The van der Waals surface area contributed by atoms with Gasteiger partial charge in [0.15, 0.2) is 0 Å². The SMILES string of the molecule is CCCCC[C@@H]1CN1C(c1ccccc1)(c1ccccc1)c1ccccc1. The molecule has 1 saturated heterocycles. The average molecular weight is 356 g/mol. The summed E-state index contributed by atoms with van der Waals surface area (Å²) >= 11 is 0. The summed E-state index contributed by atoms with van der Waals surface area (Å²) in [7, 11) is 0. The summed E-state index contributed by atoms with van der Waals surface area (Å²) in [6.07, 6.45) is 5.24. The molecule has 4 rings (SSSR count). The molecule has 1 unspecified atom stereocenters. The molecule has 0 spiro atoms. The first-order valence-electron chi connectivity index (χ1n) is 10.3. The van der Waals surface area contributed by atoms with E-state index in [-0.39, 0.29) is 5.54 Å². The Morgan fingerprint density at radius 1 is 0.704 bits per heavy atom. The van der Waals surface area contributed by atoms with Crippen molar-refractivity contribution in [3.05, 3.63) is 108 Å². The van der Waals surface area contributed by atoms with Crippen LogP contribution in [0.1, 0.15) is 49.3 Å². The maximum Gasteiger partial charge on any atom is 0.0976 e. The number of unbranched alkanes of at least 4 members (excludes halogenated alkanes) is 2. The Hall–Kier alpha value is -2.38. The normalized spacial score (nSPS) is 19.0. The molecule has 0 aromatic heterocycles. The third-order valence-corrected chi connectivity index (χ3v) is 5.86. The van der Waals surface area contributed by atoms with E-state index in [2.05, 4.69) is 103 Å². The van der Waals surface area contributed by atoms with Crippen LogP contribution < -0.4 is 0 Å². The summed E-state index contributed by atoms with van der Waals surface area (Å²) in [6.45, 7) is 3.45. The van der Waals surface area contributed by atoms with Crippen LogP contribution >= 0.6 is 0 Å². The zero-order chi connectivity index (χ0) is 18.5. The molecule has 1 heteroatoms. The van der Waals surface area contributed by atoms with E-state index in [0.29, 0.717) is 6.04 Å². The molecular formula is C26H29N. The van der Waals surface area contributed by atoms with Crippen molar-refractivity contribution in [2.24, 2.45) is 0 Å². The van der Waals surface area contributed by atoms with Crippen LogP contribution in [0, 0.1) is 0 Å². The molecule has 138 valence electrons. The molecule has 27 heavy (non-hydrogen) atoms. The average Bonchev–Trinajstić information content (AvgIpc) is 3.51. The maximum atomic E-state index is 2.71. The molecule has 0 bridgehead atoms. The summed E-state index contributed by atoms with van der Waals surface area (Å²) in [4.78, 5) is 2.71. The van der Waals surface area contributed by atoms with Gasteiger partial charge in [-0.1, -0.05) is 117 Å². The van der Waals surface area contributed by atoms with Crippen molar-refractivity contribution in [2.75, 3.05) is 6.54 Å². The van der Waals surface area contributed by atoms with E-state index in [1.807, 2.05) is 0 Å². The van der Waals surface area contributed by atoms with Crippen LogP contribution in [-0.2, 0) is 5.54 Å². The van der Waals surface area contributed by atoms with Crippen LogP contribution in [0.25, 0.3) is 0 Å². The van der Waals surface area contributed by atoms with E-state index in [1.54, 1.807) is 0 Å². The van der Waals surface area contributed by atoms with Crippen molar-refractivity contribution in [2.45, 2.75) is 44.2 Å². The van der Waals surface area contributed by atoms with Crippen LogP contribution in [0.3, 0.4) is 0 Å². The van der Waals surface area contributed by atoms with Gasteiger partial charge in [0.05, 0.1) is 5.54 Å². The molecule has 0 N–H and O–H groups in total. The highest BCUT2D eigenvalue weighted by molar-refractivity contribution is 5.51. The zero-order valence-corrected chi connectivity index (χ0v) is 16.2. The lowest BCUT2D eigenvalue weighted by atomic mass is 9.76. The van der Waals surface area contributed by atoms with Gasteiger partial charge in [0, 0.05) is 12.6 Å². The van der Waals surface area contributed by atoms with E-state index in [0.717, 1.165) is 0 Å². The summed E-state index contributed by atoms with van der Waals surface area (Å²) in [6, 6.07) is 33.8. The van der Waals surface area contributed by atoms with Gasteiger partial charge in [-0.2, -0.15) is 0 Å². The van der Waals surface area contributed by atoms with Gasteiger partial charge in [0.2, 0.25) is 0 Å². The van der Waals surface area contributed by atoms with Crippen LogP contribution in [0.4, 0.5) is 0 Å². The molecule has 1 fully saturated rings. The lowest BCUT2D eigenvalue weighted by Crippen LogP contribution is -2.39. The van der Waals surface area contributed by atoms with Crippen LogP contribution in [0.15, 0.2) is 91.0 Å². The number of hydrogen-bond acceptors (Lipinski definition) is 1. The minimum Gasteiger partial charge on any atom is -0.280 e. The maximum absolute atomic E-state index is 2.71. The number of hydrogen-bond donors (Lipinski definition) is 0. The second kappa shape index (κ2) is 8.10. The molecule has 0 radical (unpaired) electrons. The van der Waals surface area contributed by atoms with Gasteiger partial charge < -0.3 is 0 Å². The number of rotatable bonds is 8. The monoisotopic (exact) mass is 355 g/mol. The van der Waals surface area contributed by atoms with Crippen molar-refractivity contribution in [1.82, 2.24) is 4.90 Å². The highest BCUT2D eigenvalue weighted by Gasteiger charge is 2.52. The second-order valence-corrected chi connectivity index (χ2v) is 7.61. The lowest BCUT2D eigenvalue weighted by molar-refractivity contribution is 0.313. The minimum atomic E-state index is -0.208. The Morgan fingerprint density at radius 2 is 1.15 bits per heavy atom. The Labute approximate surface area is 163 Å². The molecule has 1 aliphatic rings. The largest absolute Gasteiger partial charge is 0.280 e. The first-order valence-corrected chi connectivity index (χ1v) is 10.3. The second-order valence-electron chi connectivity index (χ2n) is 7.61. The Balaban J connectivity index is 1.84. The molecule has 0 saturated carbocycles. The van der Waals surface area contributed by atoms with Crippen LogP contribution in [0.2, 0.25) is 0 Å². The Bertz CT molecular complexity index is 729. The fourth-order valence-corrected chi connectivity index (χ4v) is 4.50. The highest BCUT2D eigenvalue weighted by Crippen LogP contribution is 2.49. The molecular weight excluding hydrogens is 326 g/mol. The first kappa shape index (κ1) is 18.0.